The fourth-order valence-electron chi connectivity index (χ4n) is 3.90. The molecule has 0 aromatic heterocycles. The minimum Gasteiger partial charge on any atom is -0.493 e. The Kier molecular flexibility index (Phi) is 8.42. The first-order valence-electron chi connectivity index (χ1n) is 11.4. The van der Waals surface area contributed by atoms with Crippen LogP contribution in [0.4, 0.5) is 4.39 Å². The van der Waals surface area contributed by atoms with Crippen LogP contribution in [0, 0.1) is 5.82 Å². The summed E-state index contributed by atoms with van der Waals surface area (Å²) in [6, 6.07) is 16.1. The lowest BCUT2D eigenvalue weighted by molar-refractivity contribution is -0.124. The minimum atomic E-state index is -3.86. The number of carbonyl (C=O) groups excluding carboxylic acids is 1. The number of amides is 1. The van der Waals surface area contributed by atoms with Crippen LogP contribution in [0.5, 0.6) is 11.5 Å². The van der Waals surface area contributed by atoms with E-state index in [1.165, 1.54) is 54.0 Å². The highest BCUT2D eigenvalue weighted by atomic mass is 35.5. The molecule has 1 atom stereocenters. The van der Waals surface area contributed by atoms with Crippen LogP contribution in [0.2, 0.25) is 5.02 Å². The van der Waals surface area contributed by atoms with Gasteiger partial charge in [0.15, 0.2) is 11.5 Å². The Morgan fingerprint density at radius 2 is 1.86 bits per heavy atom. The van der Waals surface area contributed by atoms with Crippen LogP contribution in [-0.2, 0) is 21.4 Å². The highest BCUT2D eigenvalue weighted by Crippen LogP contribution is 2.29. The van der Waals surface area contributed by atoms with Crippen LogP contribution < -0.4 is 14.9 Å². The Balaban J connectivity index is 1.38. The predicted octanol–water partition coefficient (Wildman–Crippen LogP) is 4.37. The predicted molar refractivity (Wildman–Crippen MR) is 138 cm³/mol. The van der Waals surface area contributed by atoms with E-state index >= 15 is 0 Å². The number of hydrogen-bond donors (Lipinski definition) is 1. The number of nitrogens with zero attached hydrogens (tertiary/aromatic N) is 2. The molecule has 37 heavy (non-hydrogen) atoms. The first kappa shape index (κ1) is 26.6. The Hall–Kier alpha value is -3.47. The third-order valence-corrected chi connectivity index (χ3v) is 7.98. The zero-order valence-electron chi connectivity index (χ0n) is 19.9. The molecule has 8 nitrogen and oxygen atoms in total. The normalized spacial score (nSPS) is 16.1. The van der Waals surface area contributed by atoms with Crippen molar-refractivity contribution in [1.82, 2.24) is 9.73 Å². The second-order valence-electron chi connectivity index (χ2n) is 8.29. The van der Waals surface area contributed by atoms with E-state index in [1.807, 2.05) is 0 Å². The third-order valence-electron chi connectivity index (χ3n) is 5.81. The molecule has 3 aromatic rings. The van der Waals surface area contributed by atoms with E-state index in [0.29, 0.717) is 34.9 Å². The summed E-state index contributed by atoms with van der Waals surface area (Å²) in [5, 5.41) is 4.42. The van der Waals surface area contributed by atoms with E-state index in [9.17, 15) is 17.6 Å². The zero-order valence-corrected chi connectivity index (χ0v) is 21.5. The number of halogens is 2. The van der Waals surface area contributed by atoms with Crippen molar-refractivity contribution in [2.45, 2.75) is 30.4 Å². The molecule has 194 valence electrons. The summed E-state index contributed by atoms with van der Waals surface area (Å²) in [4.78, 5) is 12.9. The molecule has 0 radical (unpaired) electrons. The Morgan fingerprint density at radius 3 is 2.57 bits per heavy atom. The molecule has 3 aromatic carbocycles. The largest absolute Gasteiger partial charge is 0.493 e. The fourth-order valence-corrected chi connectivity index (χ4v) is 5.68. The van der Waals surface area contributed by atoms with Crippen LogP contribution in [-0.4, -0.2) is 44.5 Å². The van der Waals surface area contributed by atoms with Crippen molar-refractivity contribution in [1.29, 1.82) is 0 Å². The average molecular weight is 546 g/mol. The lowest BCUT2D eigenvalue weighted by Gasteiger charge is -2.22. The van der Waals surface area contributed by atoms with Crippen molar-refractivity contribution in [3.63, 3.8) is 0 Å². The smallest absolute Gasteiger partial charge is 0.258 e. The number of hydrazone groups is 1. The molecule has 11 heteroatoms. The van der Waals surface area contributed by atoms with Crippen LogP contribution in [0.3, 0.4) is 0 Å². The summed E-state index contributed by atoms with van der Waals surface area (Å²) in [5.41, 5.74) is 3.87. The van der Waals surface area contributed by atoms with Crippen molar-refractivity contribution < 1.29 is 27.1 Å². The van der Waals surface area contributed by atoms with Gasteiger partial charge in [0.05, 0.1) is 18.2 Å². The molecule has 0 bridgehead atoms. The maximum atomic E-state index is 13.1. The van der Waals surface area contributed by atoms with Gasteiger partial charge < -0.3 is 9.47 Å². The fraction of sp³-hybridized carbons (Fsp3) is 0.231. The summed E-state index contributed by atoms with van der Waals surface area (Å²) in [6.07, 6.45) is 2.38. The Morgan fingerprint density at radius 1 is 1.14 bits per heavy atom. The first-order valence-corrected chi connectivity index (χ1v) is 13.3. The first-order chi connectivity index (χ1) is 17.8. The van der Waals surface area contributed by atoms with E-state index < -0.39 is 22.0 Å². The number of sulfonamides is 1. The summed E-state index contributed by atoms with van der Waals surface area (Å²) < 4.78 is 51.5. The van der Waals surface area contributed by atoms with Crippen LogP contribution in [0.15, 0.2) is 76.7 Å². The number of nitrogens with one attached hydrogen (secondary N) is 1. The molecule has 1 saturated heterocycles. The molecule has 4 rings (SSSR count). The summed E-state index contributed by atoms with van der Waals surface area (Å²) in [6.45, 7) is 0.473. The lowest BCUT2D eigenvalue weighted by atomic mass is 10.2. The third kappa shape index (κ3) is 6.46. The van der Waals surface area contributed by atoms with E-state index in [2.05, 4.69) is 10.5 Å². The molecule has 1 aliphatic rings. The van der Waals surface area contributed by atoms with E-state index in [4.69, 9.17) is 21.1 Å². The van der Waals surface area contributed by atoms with Gasteiger partial charge in [0.25, 0.3) is 5.91 Å². The molecule has 1 heterocycles. The molecule has 1 aliphatic heterocycles. The van der Waals surface area contributed by atoms with Crippen LogP contribution >= 0.6 is 11.6 Å². The molecule has 0 spiro atoms. The van der Waals surface area contributed by atoms with E-state index in [1.54, 1.807) is 30.3 Å². The monoisotopic (exact) mass is 545 g/mol. The molecule has 1 amide bonds. The van der Waals surface area contributed by atoms with E-state index in [0.717, 1.165) is 5.56 Å². The van der Waals surface area contributed by atoms with Gasteiger partial charge in [-0.25, -0.2) is 18.2 Å². The lowest BCUT2D eigenvalue weighted by Crippen LogP contribution is -2.44. The average Bonchev–Trinajstić information content (AvgIpc) is 3.40. The van der Waals surface area contributed by atoms with Gasteiger partial charge in [0, 0.05) is 11.6 Å². The van der Waals surface area contributed by atoms with Crippen molar-refractivity contribution in [2.24, 2.45) is 5.10 Å². The van der Waals surface area contributed by atoms with Crippen molar-refractivity contribution in [2.75, 3.05) is 13.7 Å². The number of benzene rings is 3. The van der Waals surface area contributed by atoms with Gasteiger partial charge in [0.1, 0.15) is 18.5 Å². The minimum absolute atomic E-state index is 0.0777. The van der Waals surface area contributed by atoms with Crippen LogP contribution in [0.25, 0.3) is 0 Å². The molecule has 0 saturated carbocycles. The summed E-state index contributed by atoms with van der Waals surface area (Å²) >= 11 is 5.87. The Bertz CT molecular complexity index is 1380. The van der Waals surface area contributed by atoms with Crippen molar-refractivity contribution >= 4 is 33.7 Å². The SMILES string of the molecule is COc1cc(C=NNC(=O)C2CCCN2S(=O)(=O)c2ccc(Cl)cc2)ccc1OCc1ccc(F)cc1. The van der Waals surface area contributed by atoms with Gasteiger partial charge in [-0.3, -0.25) is 4.79 Å². The summed E-state index contributed by atoms with van der Waals surface area (Å²) in [7, 11) is -2.36. The molecule has 1 fully saturated rings. The second-order valence-corrected chi connectivity index (χ2v) is 10.6. The summed E-state index contributed by atoms with van der Waals surface area (Å²) in [5.74, 6) is 0.105. The number of carbonyl (C=O) groups is 1. The van der Waals surface area contributed by atoms with Gasteiger partial charge >= 0.3 is 0 Å². The topological polar surface area (TPSA) is 97.3 Å². The standard InChI is InChI=1S/C26H25ClFN3O5S/c1-35-25-15-19(6-13-24(25)36-17-18-4-9-21(28)10-5-18)16-29-30-26(32)23-3-2-14-31(23)37(33,34)22-11-7-20(27)8-12-22/h4-13,15-16,23H,2-3,14,17H2,1H3,(H,30,32). The number of rotatable bonds is 9. The molecule has 1 N–H and O–H groups in total. The van der Waals surface area contributed by atoms with Crippen molar-refractivity contribution in [3.05, 3.63) is 88.7 Å². The van der Waals surface area contributed by atoms with Gasteiger partial charge in [0.2, 0.25) is 10.0 Å². The molecular weight excluding hydrogens is 521 g/mol. The van der Waals surface area contributed by atoms with Crippen LogP contribution in [0.1, 0.15) is 24.0 Å². The quantitative estimate of drug-likeness (QED) is 0.318. The molecule has 1 unspecified atom stereocenters. The maximum absolute atomic E-state index is 13.1. The van der Waals surface area contributed by atoms with Crippen molar-refractivity contribution in [3.8, 4) is 11.5 Å². The van der Waals surface area contributed by atoms with Gasteiger partial charge in [-0.1, -0.05) is 23.7 Å². The van der Waals surface area contributed by atoms with Gasteiger partial charge in [-0.05, 0) is 78.6 Å². The molecule has 0 aliphatic carbocycles. The van der Waals surface area contributed by atoms with Gasteiger partial charge in [-0.2, -0.15) is 9.41 Å². The van der Waals surface area contributed by atoms with Gasteiger partial charge in [-0.15, -0.1) is 0 Å². The molecular formula is C26H25ClFN3O5S. The highest BCUT2D eigenvalue weighted by Gasteiger charge is 2.39. The maximum Gasteiger partial charge on any atom is 0.258 e. The number of ether oxygens (including phenoxy) is 2. The van der Waals surface area contributed by atoms with E-state index in [-0.39, 0.29) is 23.9 Å². The number of methoxy groups -OCH3 is 1. The Labute approximate surface area is 219 Å². The number of hydrogen-bond acceptors (Lipinski definition) is 6. The highest BCUT2D eigenvalue weighted by molar-refractivity contribution is 7.89. The zero-order chi connectivity index (χ0) is 26.4. The second kappa shape index (κ2) is 11.7.